The highest BCUT2D eigenvalue weighted by molar-refractivity contribution is 5.91. The van der Waals surface area contributed by atoms with Crippen molar-refractivity contribution in [3.05, 3.63) is 77.2 Å². The van der Waals surface area contributed by atoms with Gasteiger partial charge in [0.15, 0.2) is 5.78 Å². The molecule has 1 fully saturated rings. The molecule has 1 aliphatic rings. The number of carbonyl (C=O) groups excluding carboxylic acids is 2. The molecule has 1 saturated carbocycles. The molecule has 3 aromatic heterocycles. The normalized spacial score (nSPS) is 18.4. The number of benzene rings is 1. The van der Waals surface area contributed by atoms with Crippen molar-refractivity contribution in [1.82, 2.24) is 19.4 Å². The number of esters is 1. The Labute approximate surface area is 189 Å². The van der Waals surface area contributed by atoms with Crippen molar-refractivity contribution in [3.8, 4) is 22.5 Å². The molecule has 5 rings (SSSR count). The quantitative estimate of drug-likeness (QED) is 0.450. The lowest BCUT2D eigenvalue weighted by Crippen LogP contribution is -2.37. The van der Waals surface area contributed by atoms with E-state index in [1.54, 1.807) is 10.6 Å². The van der Waals surface area contributed by atoms with Gasteiger partial charge in [0.1, 0.15) is 11.7 Å². The van der Waals surface area contributed by atoms with Gasteiger partial charge in [0, 0.05) is 24.2 Å². The zero-order chi connectivity index (χ0) is 22.9. The van der Waals surface area contributed by atoms with Crippen LogP contribution < -0.4 is 5.56 Å². The molecule has 0 spiro atoms. The summed E-state index contributed by atoms with van der Waals surface area (Å²) in [5.74, 6) is -1.05. The van der Waals surface area contributed by atoms with Crippen LogP contribution in [-0.4, -0.2) is 38.3 Å². The first-order chi connectivity index (χ1) is 16.1. The molecule has 166 valence electrons. The summed E-state index contributed by atoms with van der Waals surface area (Å²) in [6.07, 6.45) is 2.73. The molecule has 1 aliphatic carbocycles. The number of ether oxygens (including phenoxy) is 1. The van der Waals surface area contributed by atoms with Crippen LogP contribution in [0.3, 0.4) is 0 Å². The van der Waals surface area contributed by atoms with Gasteiger partial charge in [-0.1, -0.05) is 36.4 Å². The molecule has 8 nitrogen and oxygen atoms in total. The molecule has 0 amide bonds. The summed E-state index contributed by atoms with van der Waals surface area (Å²) in [6.45, 7) is 0. The van der Waals surface area contributed by atoms with Gasteiger partial charge in [0.2, 0.25) is 0 Å². The highest BCUT2D eigenvalue weighted by Gasteiger charge is 2.35. The fraction of sp³-hybridized carbons (Fsp3) is 0.240. The summed E-state index contributed by atoms with van der Waals surface area (Å²) in [5.41, 5.74) is 3.48. The van der Waals surface area contributed by atoms with Crippen molar-refractivity contribution in [3.63, 3.8) is 0 Å². The van der Waals surface area contributed by atoms with Gasteiger partial charge in [-0.05, 0) is 31.0 Å². The fourth-order valence-corrected chi connectivity index (χ4v) is 4.46. The lowest BCUT2D eigenvalue weighted by molar-refractivity contribution is -0.149. The first-order valence-electron chi connectivity index (χ1n) is 10.8. The second kappa shape index (κ2) is 8.46. The van der Waals surface area contributed by atoms with Crippen molar-refractivity contribution in [1.29, 1.82) is 0 Å². The summed E-state index contributed by atoms with van der Waals surface area (Å²) >= 11 is 0. The van der Waals surface area contributed by atoms with E-state index in [1.165, 1.54) is 17.9 Å². The molecule has 1 aromatic carbocycles. The summed E-state index contributed by atoms with van der Waals surface area (Å²) in [5, 5.41) is 9.38. The van der Waals surface area contributed by atoms with E-state index in [2.05, 4.69) is 5.10 Å². The van der Waals surface area contributed by atoms with E-state index in [-0.39, 0.29) is 17.8 Å². The van der Waals surface area contributed by atoms with Crippen molar-refractivity contribution < 1.29 is 14.3 Å². The zero-order valence-electron chi connectivity index (χ0n) is 18.0. The third-order valence-corrected chi connectivity index (χ3v) is 6.11. The molecule has 0 bridgehead atoms. The van der Waals surface area contributed by atoms with E-state index in [4.69, 9.17) is 9.84 Å². The summed E-state index contributed by atoms with van der Waals surface area (Å²) in [7, 11) is 1.31. The summed E-state index contributed by atoms with van der Waals surface area (Å²) < 4.78 is 7.82. The summed E-state index contributed by atoms with van der Waals surface area (Å²) in [6, 6.07) is 17.9. The van der Waals surface area contributed by atoms with Gasteiger partial charge < -0.3 is 4.74 Å². The Morgan fingerprint density at radius 2 is 1.76 bits per heavy atom. The predicted octanol–water partition coefficient (Wildman–Crippen LogP) is 3.31. The third kappa shape index (κ3) is 3.73. The maximum absolute atomic E-state index is 12.9. The van der Waals surface area contributed by atoms with Gasteiger partial charge in [0.05, 0.1) is 29.8 Å². The van der Waals surface area contributed by atoms with Gasteiger partial charge in [-0.3, -0.25) is 14.4 Å². The Hall–Kier alpha value is -4.07. The standard InChI is InChI=1S/C25H22N4O4/c1-33-25(32)17-10-12-19(21(30)15-17)29-22(31)13-11-18(26-29)23-20-9-5-6-14-28(20)27-24(23)16-7-3-2-4-8-16/h2-9,11,13-14,17,19H,10,12,15H2,1H3. The molecule has 3 heterocycles. The minimum atomic E-state index is -0.708. The van der Waals surface area contributed by atoms with Crippen LogP contribution in [-0.2, 0) is 14.3 Å². The van der Waals surface area contributed by atoms with Crippen LogP contribution in [0.4, 0.5) is 0 Å². The summed E-state index contributed by atoms with van der Waals surface area (Å²) in [4.78, 5) is 37.4. The predicted molar refractivity (Wildman–Crippen MR) is 122 cm³/mol. The zero-order valence-corrected chi connectivity index (χ0v) is 18.0. The van der Waals surface area contributed by atoms with Crippen molar-refractivity contribution in [2.24, 2.45) is 5.92 Å². The average molecular weight is 442 g/mol. The van der Waals surface area contributed by atoms with E-state index >= 15 is 0 Å². The van der Waals surface area contributed by atoms with Crippen LogP contribution in [0.25, 0.3) is 28.0 Å². The number of rotatable bonds is 4. The van der Waals surface area contributed by atoms with Crippen LogP contribution in [0.1, 0.15) is 25.3 Å². The topological polar surface area (TPSA) is 95.6 Å². The van der Waals surface area contributed by atoms with Gasteiger partial charge >= 0.3 is 5.97 Å². The number of methoxy groups -OCH3 is 1. The maximum atomic E-state index is 12.9. The Morgan fingerprint density at radius 1 is 0.970 bits per heavy atom. The number of hydrogen-bond acceptors (Lipinski definition) is 6. The van der Waals surface area contributed by atoms with E-state index < -0.39 is 17.9 Å². The van der Waals surface area contributed by atoms with Crippen molar-refractivity contribution >= 4 is 17.3 Å². The van der Waals surface area contributed by atoms with Gasteiger partial charge in [0.25, 0.3) is 5.56 Å². The second-order valence-electron chi connectivity index (χ2n) is 8.11. The lowest BCUT2D eigenvalue weighted by atomic mass is 9.85. The first kappa shape index (κ1) is 20.8. The Balaban J connectivity index is 1.60. The smallest absolute Gasteiger partial charge is 0.309 e. The monoisotopic (exact) mass is 442 g/mol. The van der Waals surface area contributed by atoms with E-state index in [0.717, 1.165) is 22.3 Å². The maximum Gasteiger partial charge on any atom is 0.309 e. The van der Waals surface area contributed by atoms with E-state index in [1.807, 2.05) is 54.7 Å². The van der Waals surface area contributed by atoms with E-state index in [0.29, 0.717) is 18.5 Å². The Kier molecular flexibility index (Phi) is 5.34. The number of nitrogens with zero attached hydrogens (tertiary/aromatic N) is 4. The fourth-order valence-electron chi connectivity index (χ4n) is 4.46. The SMILES string of the molecule is COC(=O)C1CCC(n2nc(-c3c(-c4ccccc4)nn4ccccc34)ccc2=O)C(=O)C1. The van der Waals surface area contributed by atoms with Crippen LogP contribution in [0.2, 0.25) is 0 Å². The number of carbonyl (C=O) groups is 2. The molecule has 33 heavy (non-hydrogen) atoms. The largest absolute Gasteiger partial charge is 0.469 e. The first-order valence-corrected chi connectivity index (χ1v) is 10.8. The minimum absolute atomic E-state index is 0.0433. The third-order valence-electron chi connectivity index (χ3n) is 6.11. The Bertz CT molecular complexity index is 1410. The number of ketones is 1. The minimum Gasteiger partial charge on any atom is -0.469 e. The van der Waals surface area contributed by atoms with Crippen LogP contribution in [0.15, 0.2) is 71.7 Å². The highest BCUT2D eigenvalue weighted by atomic mass is 16.5. The Morgan fingerprint density at radius 3 is 2.52 bits per heavy atom. The molecule has 0 N–H and O–H groups in total. The molecular weight excluding hydrogens is 420 g/mol. The average Bonchev–Trinajstić information content (AvgIpc) is 3.24. The molecule has 2 atom stereocenters. The van der Waals surface area contributed by atoms with Crippen LogP contribution >= 0.6 is 0 Å². The highest BCUT2D eigenvalue weighted by Crippen LogP contribution is 2.34. The lowest BCUT2D eigenvalue weighted by Gasteiger charge is -2.26. The van der Waals surface area contributed by atoms with Crippen molar-refractivity contribution in [2.45, 2.75) is 25.3 Å². The van der Waals surface area contributed by atoms with Gasteiger partial charge in [-0.15, -0.1) is 0 Å². The molecular formula is C25H22N4O4. The molecule has 0 radical (unpaired) electrons. The molecule has 8 heteroatoms. The van der Waals surface area contributed by atoms with Crippen LogP contribution in [0.5, 0.6) is 0 Å². The van der Waals surface area contributed by atoms with Crippen molar-refractivity contribution in [2.75, 3.05) is 7.11 Å². The van der Waals surface area contributed by atoms with Gasteiger partial charge in [-0.25, -0.2) is 9.20 Å². The van der Waals surface area contributed by atoms with Gasteiger partial charge in [-0.2, -0.15) is 10.2 Å². The number of pyridine rings is 1. The number of hydrogen-bond donors (Lipinski definition) is 0. The number of fused-ring (bicyclic) bond motifs is 1. The molecule has 0 saturated heterocycles. The number of aromatic nitrogens is 4. The van der Waals surface area contributed by atoms with Crippen LogP contribution in [0, 0.1) is 5.92 Å². The van der Waals surface area contributed by atoms with E-state index in [9.17, 15) is 14.4 Å². The number of Topliss-reactive ketones (excluding diaryl/α,β-unsaturated/α-hetero) is 1. The molecule has 2 unspecified atom stereocenters. The second-order valence-corrected chi connectivity index (χ2v) is 8.11. The molecule has 0 aliphatic heterocycles. The molecule has 4 aromatic rings.